The van der Waals surface area contributed by atoms with Crippen LogP contribution in [0.3, 0.4) is 0 Å². The van der Waals surface area contributed by atoms with Crippen molar-refractivity contribution >= 4 is 29.4 Å². The molecule has 0 radical (unpaired) electrons. The van der Waals surface area contributed by atoms with E-state index >= 15 is 0 Å². The van der Waals surface area contributed by atoms with E-state index in [-0.39, 0.29) is 24.5 Å². The van der Waals surface area contributed by atoms with E-state index in [2.05, 4.69) is 5.32 Å². The molecule has 32 heavy (non-hydrogen) atoms. The van der Waals surface area contributed by atoms with Gasteiger partial charge in [0.05, 0.1) is 17.3 Å². The van der Waals surface area contributed by atoms with Crippen LogP contribution >= 0.6 is 11.6 Å². The van der Waals surface area contributed by atoms with Crippen molar-refractivity contribution < 1.29 is 14.4 Å². The molecule has 8 heteroatoms. The van der Waals surface area contributed by atoms with Gasteiger partial charge in [-0.1, -0.05) is 48.0 Å². The molecule has 0 bridgehead atoms. The van der Waals surface area contributed by atoms with E-state index in [0.29, 0.717) is 43.2 Å². The predicted molar refractivity (Wildman–Crippen MR) is 120 cm³/mol. The van der Waals surface area contributed by atoms with E-state index in [4.69, 9.17) is 11.6 Å². The number of halogens is 1. The summed E-state index contributed by atoms with van der Waals surface area (Å²) in [6.45, 7) is 2.42. The van der Waals surface area contributed by atoms with Gasteiger partial charge in [0, 0.05) is 26.2 Å². The Labute approximate surface area is 191 Å². The largest absolute Gasteiger partial charge is 0.336 e. The minimum Gasteiger partial charge on any atom is -0.336 e. The zero-order valence-corrected chi connectivity index (χ0v) is 18.5. The van der Waals surface area contributed by atoms with Crippen molar-refractivity contribution in [2.45, 2.75) is 24.8 Å². The van der Waals surface area contributed by atoms with E-state index in [1.807, 2.05) is 29.2 Å². The highest BCUT2D eigenvalue weighted by Gasteiger charge is 2.54. The summed E-state index contributed by atoms with van der Waals surface area (Å²) in [4.78, 5) is 44.2. The van der Waals surface area contributed by atoms with Gasteiger partial charge in [0.25, 0.3) is 11.8 Å². The zero-order valence-electron chi connectivity index (χ0n) is 17.7. The first kappa shape index (κ1) is 21.0. The lowest BCUT2D eigenvalue weighted by Gasteiger charge is -2.37. The van der Waals surface area contributed by atoms with Gasteiger partial charge in [-0.25, -0.2) is 9.69 Å². The molecule has 2 aromatic rings. The van der Waals surface area contributed by atoms with Gasteiger partial charge in [0.2, 0.25) is 0 Å². The van der Waals surface area contributed by atoms with Crippen molar-refractivity contribution in [2.75, 3.05) is 32.8 Å². The van der Waals surface area contributed by atoms with Gasteiger partial charge >= 0.3 is 6.03 Å². The van der Waals surface area contributed by atoms with Crippen LogP contribution in [0.1, 0.15) is 34.3 Å². The molecule has 1 N–H and O–H groups in total. The molecule has 7 nitrogen and oxygen atoms in total. The standard InChI is InChI=1S/C24H25ClN4O3/c25-20-10-4-2-8-18(20)21(30)28-14-12-27(13-15-28)16-29-22(31)24(26-23(29)32)11-5-7-17-6-1-3-9-19(17)24/h1-4,6,8-10H,5,7,11-16H2,(H,26,32)/t24-/m0/s1. The molecule has 2 aliphatic heterocycles. The van der Waals surface area contributed by atoms with E-state index in [9.17, 15) is 14.4 Å². The highest BCUT2D eigenvalue weighted by molar-refractivity contribution is 6.33. The number of rotatable bonds is 3. The second kappa shape index (κ2) is 8.22. The molecule has 2 aromatic carbocycles. The molecule has 0 unspecified atom stereocenters. The number of aryl methyl sites for hydroxylation is 1. The third-order valence-corrected chi connectivity index (χ3v) is 7.09. The third-order valence-electron chi connectivity index (χ3n) is 6.76. The number of carbonyl (C=O) groups is 3. The van der Waals surface area contributed by atoms with Crippen LogP contribution in [0, 0.1) is 0 Å². The highest BCUT2D eigenvalue weighted by Crippen LogP contribution is 2.39. The molecular formula is C24H25ClN4O3. The lowest BCUT2D eigenvalue weighted by atomic mass is 9.76. The molecule has 3 aliphatic rings. The van der Waals surface area contributed by atoms with E-state index in [1.54, 1.807) is 29.2 Å². The lowest BCUT2D eigenvalue weighted by molar-refractivity contribution is -0.133. The fourth-order valence-corrected chi connectivity index (χ4v) is 5.25. The maximum Gasteiger partial charge on any atom is 0.326 e. The third kappa shape index (κ3) is 3.45. The van der Waals surface area contributed by atoms with Gasteiger partial charge in [-0.15, -0.1) is 0 Å². The minimum atomic E-state index is -0.951. The van der Waals surface area contributed by atoms with Crippen LogP contribution in [0.15, 0.2) is 48.5 Å². The summed E-state index contributed by atoms with van der Waals surface area (Å²) < 4.78 is 0. The Morgan fingerprint density at radius 3 is 2.50 bits per heavy atom. The number of imide groups is 1. The number of urea groups is 1. The van der Waals surface area contributed by atoms with Crippen molar-refractivity contribution in [3.63, 3.8) is 0 Å². The summed E-state index contributed by atoms with van der Waals surface area (Å²) in [7, 11) is 0. The average Bonchev–Trinajstić information content (AvgIpc) is 3.04. The van der Waals surface area contributed by atoms with Crippen molar-refractivity contribution in [2.24, 2.45) is 0 Å². The van der Waals surface area contributed by atoms with Crippen molar-refractivity contribution in [3.8, 4) is 0 Å². The molecular weight excluding hydrogens is 428 g/mol. The first-order valence-electron chi connectivity index (χ1n) is 11.0. The van der Waals surface area contributed by atoms with Crippen molar-refractivity contribution in [3.05, 3.63) is 70.2 Å². The van der Waals surface area contributed by atoms with Gasteiger partial charge in [-0.05, 0) is 42.5 Å². The van der Waals surface area contributed by atoms with E-state index < -0.39 is 5.54 Å². The Bertz CT molecular complexity index is 1080. The molecule has 2 saturated heterocycles. The minimum absolute atomic E-state index is 0.0944. The zero-order chi connectivity index (χ0) is 22.3. The second-order valence-electron chi connectivity index (χ2n) is 8.61. The summed E-state index contributed by atoms with van der Waals surface area (Å²) in [5.41, 5.74) is 1.59. The number of carbonyl (C=O) groups excluding carboxylic acids is 3. The number of nitrogens with zero attached hydrogens (tertiary/aromatic N) is 3. The van der Waals surface area contributed by atoms with Crippen LogP contribution in [0.2, 0.25) is 5.02 Å². The Balaban J connectivity index is 1.26. The Hall–Kier alpha value is -2.90. The van der Waals surface area contributed by atoms with Gasteiger partial charge in [-0.3, -0.25) is 14.5 Å². The number of hydrogen-bond donors (Lipinski definition) is 1. The van der Waals surface area contributed by atoms with Crippen LogP contribution in [-0.4, -0.2) is 65.4 Å². The average molecular weight is 453 g/mol. The van der Waals surface area contributed by atoms with Crippen LogP contribution in [-0.2, 0) is 16.8 Å². The smallest absolute Gasteiger partial charge is 0.326 e. The first-order chi connectivity index (χ1) is 15.5. The molecule has 5 rings (SSSR count). The Morgan fingerprint density at radius 2 is 1.72 bits per heavy atom. The summed E-state index contributed by atoms with van der Waals surface area (Å²) in [5.74, 6) is -0.271. The molecule has 4 amide bonds. The topological polar surface area (TPSA) is 73.0 Å². The molecule has 2 fully saturated rings. The molecule has 0 saturated carbocycles. The van der Waals surface area contributed by atoms with E-state index in [0.717, 1.165) is 24.0 Å². The lowest BCUT2D eigenvalue weighted by Crippen LogP contribution is -2.53. The molecule has 1 spiro atoms. The van der Waals surface area contributed by atoms with Crippen LogP contribution in [0.5, 0.6) is 0 Å². The van der Waals surface area contributed by atoms with Crippen LogP contribution in [0.25, 0.3) is 0 Å². The molecule has 166 valence electrons. The second-order valence-corrected chi connectivity index (χ2v) is 9.02. The maximum absolute atomic E-state index is 13.5. The SMILES string of the molecule is O=C(c1ccccc1Cl)N1CCN(CN2C(=O)N[C@]3(CCCc4ccccc43)C2=O)CC1. The predicted octanol–water partition coefficient (Wildman–Crippen LogP) is 2.84. The van der Waals surface area contributed by atoms with Gasteiger partial charge in [0.1, 0.15) is 5.54 Å². The number of fused-ring (bicyclic) bond motifs is 2. The quantitative estimate of drug-likeness (QED) is 0.727. The number of piperazine rings is 1. The molecule has 2 heterocycles. The fourth-order valence-electron chi connectivity index (χ4n) is 5.04. The number of nitrogens with one attached hydrogen (secondary N) is 1. The molecule has 1 atom stereocenters. The summed E-state index contributed by atoms with van der Waals surface area (Å²) in [6, 6.07) is 14.6. The van der Waals surface area contributed by atoms with E-state index in [1.165, 1.54) is 4.90 Å². The first-order valence-corrected chi connectivity index (χ1v) is 11.4. The number of amides is 4. The summed E-state index contributed by atoms with van der Waals surface area (Å²) in [6.07, 6.45) is 2.40. The summed E-state index contributed by atoms with van der Waals surface area (Å²) in [5, 5.41) is 3.44. The maximum atomic E-state index is 13.5. The summed E-state index contributed by atoms with van der Waals surface area (Å²) >= 11 is 6.17. The monoisotopic (exact) mass is 452 g/mol. The molecule has 0 aromatic heterocycles. The Morgan fingerprint density at radius 1 is 1.00 bits per heavy atom. The highest BCUT2D eigenvalue weighted by atomic mass is 35.5. The number of benzene rings is 2. The van der Waals surface area contributed by atoms with Crippen molar-refractivity contribution in [1.29, 1.82) is 0 Å². The van der Waals surface area contributed by atoms with Crippen LogP contribution in [0.4, 0.5) is 4.79 Å². The normalized spacial score (nSPS) is 23.4. The number of hydrogen-bond acceptors (Lipinski definition) is 4. The van der Waals surface area contributed by atoms with Gasteiger partial charge in [-0.2, -0.15) is 0 Å². The van der Waals surface area contributed by atoms with Crippen LogP contribution < -0.4 is 5.32 Å². The van der Waals surface area contributed by atoms with Gasteiger partial charge < -0.3 is 10.2 Å². The Kier molecular flexibility index (Phi) is 5.39. The van der Waals surface area contributed by atoms with Gasteiger partial charge in [0.15, 0.2) is 0 Å². The molecule has 1 aliphatic carbocycles. The van der Waals surface area contributed by atoms with Crippen molar-refractivity contribution in [1.82, 2.24) is 20.0 Å². The fraction of sp³-hybridized carbons (Fsp3) is 0.375.